The Labute approximate surface area is 162 Å². The van der Waals surface area contributed by atoms with Gasteiger partial charge in [-0.15, -0.1) is 0 Å². The Hall–Kier alpha value is -3.85. The molecule has 0 radical (unpaired) electrons. The van der Waals surface area contributed by atoms with E-state index in [2.05, 4.69) is 21.0 Å². The highest BCUT2D eigenvalue weighted by molar-refractivity contribution is 5.97. The van der Waals surface area contributed by atoms with E-state index < -0.39 is 0 Å². The van der Waals surface area contributed by atoms with Crippen molar-refractivity contribution in [2.45, 2.75) is 13.0 Å². The lowest BCUT2D eigenvalue weighted by atomic mass is 10.1. The number of nitrogens with one attached hydrogen (secondary N) is 2. The van der Waals surface area contributed by atoms with E-state index in [4.69, 9.17) is 5.26 Å². The number of pyridine rings is 1. The summed E-state index contributed by atoms with van der Waals surface area (Å²) < 4.78 is 0. The molecule has 0 aliphatic heterocycles. The Morgan fingerprint density at radius 3 is 2.82 bits per heavy atom. The van der Waals surface area contributed by atoms with Crippen LogP contribution in [0.3, 0.4) is 0 Å². The monoisotopic (exact) mass is 369 g/mol. The van der Waals surface area contributed by atoms with Crippen molar-refractivity contribution in [2.24, 2.45) is 0 Å². The molecule has 6 heteroatoms. The number of aromatic nitrogens is 3. The third kappa shape index (κ3) is 3.51. The van der Waals surface area contributed by atoms with Gasteiger partial charge in [0.2, 0.25) is 0 Å². The molecule has 138 valence electrons. The highest BCUT2D eigenvalue weighted by atomic mass is 16.2. The van der Waals surface area contributed by atoms with E-state index in [0.717, 1.165) is 27.7 Å². The zero-order valence-electron chi connectivity index (χ0n) is 15.2. The number of hydrogen-bond donors (Lipinski definition) is 2. The standard InChI is InChI=1S/C22H19N5O/c23-9-4-12-27(15-16-5-2-1-3-6-16)22(28)20-13-17(14-26-20)18-7-10-24-21-19(18)8-11-25-21/h1-3,5-8,10-11,13-14,26H,4,12,15H2,(H,24,25). The molecule has 0 atom stereocenters. The largest absolute Gasteiger partial charge is 0.357 e. The third-order valence-electron chi connectivity index (χ3n) is 4.68. The molecule has 6 nitrogen and oxygen atoms in total. The number of hydrogen-bond acceptors (Lipinski definition) is 3. The van der Waals surface area contributed by atoms with E-state index in [0.29, 0.717) is 25.2 Å². The van der Waals surface area contributed by atoms with Crippen LogP contribution in [-0.4, -0.2) is 32.3 Å². The second-order valence-corrected chi connectivity index (χ2v) is 6.52. The lowest BCUT2D eigenvalue weighted by molar-refractivity contribution is 0.0741. The highest BCUT2D eigenvalue weighted by Crippen LogP contribution is 2.27. The highest BCUT2D eigenvalue weighted by Gasteiger charge is 2.18. The Morgan fingerprint density at radius 1 is 1.14 bits per heavy atom. The number of nitrogens with zero attached hydrogens (tertiary/aromatic N) is 3. The van der Waals surface area contributed by atoms with Crippen molar-refractivity contribution in [2.75, 3.05) is 6.54 Å². The van der Waals surface area contributed by atoms with E-state index in [1.807, 2.05) is 60.9 Å². The minimum absolute atomic E-state index is 0.121. The van der Waals surface area contributed by atoms with Crippen LogP contribution in [0.2, 0.25) is 0 Å². The van der Waals surface area contributed by atoms with Crippen LogP contribution in [0.1, 0.15) is 22.5 Å². The summed E-state index contributed by atoms with van der Waals surface area (Å²) in [5, 5.41) is 9.97. The number of carbonyl (C=O) groups is 1. The van der Waals surface area contributed by atoms with E-state index in [1.165, 1.54) is 0 Å². The maximum atomic E-state index is 13.1. The summed E-state index contributed by atoms with van der Waals surface area (Å²) >= 11 is 0. The predicted octanol–water partition coefficient (Wildman–Crippen LogP) is 4.11. The van der Waals surface area contributed by atoms with Crippen LogP contribution >= 0.6 is 0 Å². The first-order valence-electron chi connectivity index (χ1n) is 9.07. The molecule has 0 unspecified atom stereocenters. The Bertz CT molecular complexity index is 1140. The molecule has 3 aromatic heterocycles. The molecule has 0 fully saturated rings. The molecule has 1 amide bonds. The summed E-state index contributed by atoms with van der Waals surface area (Å²) in [6, 6.07) is 17.7. The molecule has 0 spiro atoms. The topological polar surface area (TPSA) is 88.6 Å². The van der Waals surface area contributed by atoms with Crippen LogP contribution in [-0.2, 0) is 6.54 Å². The van der Waals surface area contributed by atoms with Crippen LogP contribution in [0.25, 0.3) is 22.2 Å². The molecule has 3 heterocycles. The molecule has 2 N–H and O–H groups in total. The van der Waals surface area contributed by atoms with Crippen molar-refractivity contribution in [3.05, 3.63) is 78.4 Å². The summed E-state index contributed by atoms with van der Waals surface area (Å²) in [5.41, 5.74) is 4.28. The fraction of sp³-hybridized carbons (Fsp3) is 0.136. The van der Waals surface area contributed by atoms with Gasteiger partial charge in [-0.2, -0.15) is 5.26 Å². The average molecular weight is 369 g/mol. The van der Waals surface area contributed by atoms with Crippen LogP contribution < -0.4 is 0 Å². The molecule has 28 heavy (non-hydrogen) atoms. The minimum Gasteiger partial charge on any atom is -0.357 e. The minimum atomic E-state index is -0.121. The summed E-state index contributed by atoms with van der Waals surface area (Å²) in [4.78, 5) is 25.3. The number of fused-ring (bicyclic) bond motifs is 1. The van der Waals surface area contributed by atoms with Gasteiger partial charge in [-0.1, -0.05) is 30.3 Å². The van der Waals surface area contributed by atoms with E-state index in [9.17, 15) is 4.79 Å². The fourth-order valence-corrected chi connectivity index (χ4v) is 3.30. The lowest BCUT2D eigenvalue weighted by Gasteiger charge is -2.21. The third-order valence-corrected chi connectivity index (χ3v) is 4.68. The summed E-state index contributed by atoms with van der Waals surface area (Å²) in [6.45, 7) is 0.850. The van der Waals surface area contributed by atoms with Gasteiger partial charge in [-0.3, -0.25) is 4.79 Å². The predicted molar refractivity (Wildman–Crippen MR) is 107 cm³/mol. The second kappa shape index (κ2) is 7.80. The van der Waals surface area contributed by atoms with Gasteiger partial charge in [0.25, 0.3) is 5.91 Å². The first kappa shape index (κ1) is 17.6. The van der Waals surface area contributed by atoms with Gasteiger partial charge >= 0.3 is 0 Å². The van der Waals surface area contributed by atoms with Crippen molar-refractivity contribution in [3.63, 3.8) is 0 Å². The molecule has 4 aromatic rings. The number of rotatable bonds is 6. The Kier molecular flexibility index (Phi) is 4.89. The first-order valence-corrected chi connectivity index (χ1v) is 9.07. The average Bonchev–Trinajstić information content (AvgIpc) is 3.40. The zero-order chi connectivity index (χ0) is 19.3. The molecular weight excluding hydrogens is 350 g/mol. The van der Waals surface area contributed by atoms with Gasteiger partial charge in [-0.05, 0) is 29.3 Å². The molecule has 0 aliphatic rings. The van der Waals surface area contributed by atoms with Gasteiger partial charge in [-0.25, -0.2) is 4.98 Å². The summed E-state index contributed by atoms with van der Waals surface area (Å²) in [5.74, 6) is -0.121. The molecule has 0 saturated heterocycles. The summed E-state index contributed by atoms with van der Waals surface area (Å²) in [7, 11) is 0. The molecule has 0 bridgehead atoms. The number of nitriles is 1. The number of H-pyrrole nitrogens is 2. The Balaban J connectivity index is 1.61. The Morgan fingerprint density at radius 2 is 2.00 bits per heavy atom. The maximum absolute atomic E-state index is 13.1. The quantitative estimate of drug-likeness (QED) is 0.536. The SMILES string of the molecule is N#CCCN(Cc1ccccc1)C(=O)c1cc(-c2ccnc3[nH]ccc23)c[nH]1. The van der Waals surface area contributed by atoms with Crippen LogP contribution in [0, 0.1) is 11.3 Å². The molecule has 0 saturated carbocycles. The van der Waals surface area contributed by atoms with Gasteiger partial charge in [0.05, 0.1) is 12.5 Å². The molecule has 4 rings (SSSR count). The lowest BCUT2D eigenvalue weighted by Crippen LogP contribution is -2.31. The van der Waals surface area contributed by atoms with E-state index in [1.54, 1.807) is 11.1 Å². The number of carbonyl (C=O) groups excluding carboxylic acids is 1. The van der Waals surface area contributed by atoms with E-state index in [-0.39, 0.29) is 5.91 Å². The zero-order valence-corrected chi connectivity index (χ0v) is 15.2. The number of amides is 1. The van der Waals surface area contributed by atoms with Crippen LogP contribution in [0.5, 0.6) is 0 Å². The first-order chi connectivity index (χ1) is 13.8. The van der Waals surface area contributed by atoms with E-state index >= 15 is 0 Å². The van der Waals surface area contributed by atoms with Crippen molar-refractivity contribution in [1.29, 1.82) is 5.26 Å². The van der Waals surface area contributed by atoms with Crippen molar-refractivity contribution in [1.82, 2.24) is 19.9 Å². The maximum Gasteiger partial charge on any atom is 0.270 e. The molecule has 0 aliphatic carbocycles. The number of benzene rings is 1. The summed E-state index contributed by atoms with van der Waals surface area (Å²) in [6.07, 6.45) is 5.72. The molecular formula is C22H19N5O. The van der Waals surface area contributed by atoms with Crippen molar-refractivity contribution < 1.29 is 4.79 Å². The van der Waals surface area contributed by atoms with Gasteiger partial charge in [0.15, 0.2) is 0 Å². The number of aromatic amines is 2. The normalized spacial score (nSPS) is 10.7. The molecule has 1 aromatic carbocycles. The van der Waals surface area contributed by atoms with Gasteiger partial charge in [0.1, 0.15) is 11.3 Å². The fourth-order valence-electron chi connectivity index (χ4n) is 3.30. The van der Waals surface area contributed by atoms with Crippen molar-refractivity contribution in [3.8, 4) is 17.2 Å². The smallest absolute Gasteiger partial charge is 0.270 e. The van der Waals surface area contributed by atoms with Crippen LogP contribution in [0.4, 0.5) is 0 Å². The van der Waals surface area contributed by atoms with Gasteiger partial charge in [0, 0.05) is 42.6 Å². The van der Waals surface area contributed by atoms with Crippen LogP contribution in [0.15, 0.2) is 67.1 Å². The second-order valence-electron chi connectivity index (χ2n) is 6.52. The van der Waals surface area contributed by atoms with Crippen molar-refractivity contribution >= 4 is 16.9 Å². The van der Waals surface area contributed by atoms with Gasteiger partial charge < -0.3 is 14.9 Å².